The third-order valence-electron chi connectivity index (χ3n) is 5.14. The highest BCUT2D eigenvalue weighted by atomic mass is 16.1. The standard InChI is InChI=1S/C23H19N7O/c1-30-21(11-19(29-30)22(31)6-3-15-12-24-14-25-13-15)16-4-5-18-17(9-16)10-20(28-18)23-26-7-2-8-27-23/h2,4-5,7-14,28H,3,6H2,1H3. The lowest BCUT2D eigenvalue weighted by atomic mass is 10.1. The second-order valence-electron chi connectivity index (χ2n) is 7.27. The molecule has 4 heterocycles. The van der Waals surface area contributed by atoms with Crippen molar-refractivity contribution in [1.82, 2.24) is 34.7 Å². The molecule has 0 amide bonds. The number of carbonyl (C=O) groups excluding carboxylic acids is 1. The van der Waals surface area contributed by atoms with Crippen LogP contribution in [0.2, 0.25) is 0 Å². The van der Waals surface area contributed by atoms with Gasteiger partial charge < -0.3 is 4.98 Å². The molecule has 0 unspecified atom stereocenters. The van der Waals surface area contributed by atoms with Crippen LogP contribution in [0.5, 0.6) is 0 Å². The maximum absolute atomic E-state index is 12.7. The maximum atomic E-state index is 12.7. The molecule has 4 aromatic heterocycles. The van der Waals surface area contributed by atoms with Gasteiger partial charge in [0.1, 0.15) is 12.0 Å². The van der Waals surface area contributed by atoms with Gasteiger partial charge in [-0.05, 0) is 42.3 Å². The van der Waals surface area contributed by atoms with Gasteiger partial charge in [-0.1, -0.05) is 6.07 Å². The second-order valence-corrected chi connectivity index (χ2v) is 7.27. The number of aromatic amines is 1. The quantitative estimate of drug-likeness (QED) is 0.430. The Bertz CT molecular complexity index is 1360. The molecule has 0 aliphatic rings. The number of fused-ring (bicyclic) bond motifs is 1. The van der Waals surface area contributed by atoms with Crippen LogP contribution in [-0.2, 0) is 13.5 Å². The molecular weight excluding hydrogens is 390 g/mol. The average molecular weight is 409 g/mol. The number of nitrogens with zero attached hydrogens (tertiary/aromatic N) is 6. The number of ketones is 1. The Morgan fingerprint density at radius 3 is 2.68 bits per heavy atom. The van der Waals surface area contributed by atoms with Crippen molar-refractivity contribution in [2.24, 2.45) is 7.05 Å². The van der Waals surface area contributed by atoms with Crippen molar-refractivity contribution in [3.05, 3.63) is 78.8 Å². The van der Waals surface area contributed by atoms with E-state index in [1.165, 1.54) is 6.33 Å². The number of hydrogen-bond donors (Lipinski definition) is 1. The van der Waals surface area contributed by atoms with E-state index in [-0.39, 0.29) is 5.78 Å². The summed E-state index contributed by atoms with van der Waals surface area (Å²) in [5.41, 5.74) is 5.11. The molecule has 1 N–H and O–H groups in total. The lowest BCUT2D eigenvalue weighted by Crippen LogP contribution is -2.03. The van der Waals surface area contributed by atoms with Crippen LogP contribution in [-0.4, -0.2) is 40.5 Å². The van der Waals surface area contributed by atoms with Crippen molar-refractivity contribution in [1.29, 1.82) is 0 Å². The predicted molar refractivity (Wildman–Crippen MR) is 116 cm³/mol. The molecular formula is C23H19N7O. The Labute approximate surface area is 178 Å². The van der Waals surface area contributed by atoms with Gasteiger partial charge in [0.15, 0.2) is 11.6 Å². The Hall–Kier alpha value is -4.20. The van der Waals surface area contributed by atoms with Crippen LogP contribution in [0.1, 0.15) is 22.5 Å². The minimum atomic E-state index is -0.00284. The van der Waals surface area contributed by atoms with Crippen LogP contribution in [0.15, 0.2) is 67.5 Å². The molecule has 0 saturated carbocycles. The van der Waals surface area contributed by atoms with Crippen molar-refractivity contribution in [3.8, 4) is 22.8 Å². The summed E-state index contributed by atoms with van der Waals surface area (Å²) in [4.78, 5) is 32.6. The van der Waals surface area contributed by atoms with E-state index in [9.17, 15) is 4.79 Å². The number of aryl methyl sites for hydroxylation is 2. The van der Waals surface area contributed by atoms with Crippen LogP contribution in [0.3, 0.4) is 0 Å². The number of H-pyrrole nitrogens is 1. The maximum Gasteiger partial charge on any atom is 0.183 e. The van der Waals surface area contributed by atoms with Gasteiger partial charge in [-0.15, -0.1) is 0 Å². The molecule has 0 fully saturated rings. The van der Waals surface area contributed by atoms with Gasteiger partial charge in [0, 0.05) is 54.7 Å². The van der Waals surface area contributed by atoms with Crippen LogP contribution in [0.25, 0.3) is 33.7 Å². The van der Waals surface area contributed by atoms with Crippen molar-refractivity contribution >= 4 is 16.7 Å². The van der Waals surface area contributed by atoms with Crippen LogP contribution in [0, 0.1) is 0 Å². The van der Waals surface area contributed by atoms with Gasteiger partial charge in [0.05, 0.1) is 11.4 Å². The van der Waals surface area contributed by atoms with Gasteiger partial charge in [-0.3, -0.25) is 9.48 Å². The van der Waals surface area contributed by atoms with Gasteiger partial charge >= 0.3 is 0 Å². The molecule has 5 aromatic rings. The summed E-state index contributed by atoms with van der Waals surface area (Å²) in [6.07, 6.45) is 9.33. The van der Waals surface area contributed by atoms with Crippen LogP contribution < -0.4 is 0 Å². The Morgan fingerprint density at radius 1 is 1.06 bits per heavy atom. The molecule has 152 valence electrons. The molecule has 0 saturated heterocycles. The zero-order valence-corrected chi connectivity index (χ0v) is 16.9. The summed E-state index contributed by atoms with van der Waals surface area (Å²) in [7, 11) is 1.85. The number of carbonyl (C=O) groups is 1. The van der Waals surface area contributed by atoms with E-state index in [1.807, 2.05) is 31.3 Å². The number of benzene rings is 1. The zero-order valence-electron chi connectivity index (χ0n) is 16.9. The zero-order chi connectivity index (χ0) is 21.2. The molecule has 8 nitrogen and oxygen atoms in total. The van der Waals surface area contributed by atoms with Crippen LogP contribution >= 0.6 is 0 Å². The number of Topliss-reactive ketones (excluding diaryl/α,β-unsaturated/α-hetero) is 1. The molecule has 0 atom stereocenters. The smallest absolute Gasteiger partial charge is 0.183 e. The monoisotopic (exact) mass is 409 g/mol. The SMILES string of the molecule is Cn1nc(C(=O)CCc2cncnc2)cc1-c1ccc2[nH]c(-c3ncccn3)cc2c1. The largest absolute Gasteiger partial charge is 0.352 e. The summed E-state index contributed by atoms with van der Waals surface area (Å²) in [5.74, 6) is 0.648. The molecule has 8 heteroatoms. The van der Waals surface area contributed by atoms with Crippen molar-refractivity contribution in [3.63, 3.8) is 0 Å². The first-order valence-electron chi connectivity index (χ1n) is 9.89. The van der Waals surface area contributed by atoms with Gasteiger partial charge in [-0.2, -0.15) is 5.10 Å². The lowest BCUT2D eigenvalue weighted by Gasteiger charge is -2.01. The fraction of sp³-hybridized carbons (Fsp3) is 0.130. The summed E-state index contributed by atoms with van der Waals surface area (Å²) >= 11 is 0. The predicted octanol–water partition coefficient (Wildman–Crippen LogP) is 3.63. The molecule has 0 aliphatic heterocycles. The van der Waals surface area contributed by atoms with Crippen molar-refractivity contribution in [2.75, 3.05) is 0 Å². The molecule has 0 bridgehead atoms. The van der Waals surface area contributed by atoms with Gasteiger partial charge in [0.2, 0.25) is 0 Å². The minimum Gasteiger partial charge on any atom is -0.352 e. The summed E-state index contributed by atoms with van der Waals surface area (Å²) in [6.45, 7) is 0. The van der Waals surface area contributed by atoms with E-state index >= 15 is 0 Å². The van der Waals surface area contributed by atoms with E-state index in [0.717, 1.165) is 33.4 Å². The Morgan fingerprint density at radius 2 is 1.87 bits per heavy atom. The van der Waals surface area contributed by atoms with Crippen molar-refractivity contribution < 1.29 is 4.79 Å². The first-order chi connectivity index (χ1) is 15.2. The minimum absolute atomic E-state index is 0.00284. The molecule has 0 aliphatic carbocycles. The van der Waals surface area contributed by atoms with E-state index in [0.29, 0.717) is 24.4 Å². The fourth-order valence-electron chi connectivity index (χ4n) is 3.57. The lowest BCUT2D eigenvalue weighted by molar-refractivity contribution is 0.0977. The summed E-state index contributed by atoms with van der Waals surface area (Å²) in [6, 6.07) is 11.8. The number of aromatic nitrogens is 7. The third kappa shape index (κ3) is 3.83. The third-order valence-corrected chi connectivity index (χ3v) is 5.14. The van der Waals surface area contributed by atoms with E-state index in [4.69, 9.17) is 0 Å². The normalized spacial score (nSPS) is 11.1. The van der Waals surface area contributed by atoms with E-state index in [1.54, 1.807) is 35.5 Å². The Kier molecular flexibility index (Phi) is 4.80. The highest BCUT2D eigenvalue weighted by Gasteiger charge is 2.15. The summed E-state index contributed by atoms with van der Waals surface area (Å²) < 4.78 is 1.74. The molecule has 0 radical (unpaired) electrons. The van der Waals surface area contributed by atoms with Crippen molar-refractivity contribution in [2.45, 2.75) is 12.8 Å². The average Bonchev–Trinajstić information content (AvgIpc) is 3.42. The highest BCUT2D eigenvalue weighted by Crippen LogP contribution is 2.28. The summed E-state index contributed by atoms with van der Waals surface area (Å²) in [5, 5.41) is 5.48. The topological polar surface area (TPSA) is 102 Å². The second kappa shape index (κ2) is 7.91. The highest BCUT2D eigenvalue weighted by molar-refractivity contribution is 5.96. The van der Waals surface area contributed by atoms with E-state index < -0.39 is 0 Å². The van der Waals surface area contributed by atoms with Gasteiger partial charge in [0.25, 0.3) is 0 Å². The van der Waals surface area contributed by atoms with E-state index in [2.05, 4.69) is 36.1 Å². The number of hydrogen-bond acceptors (Lipinski definition) is 6. The fourth-order valence-corrected chi connectivity index (χ4v) is 3.57. The Balaban J connectivity index is 1.40. The molecule has 5 rings (SSSR count). The molecule has 0 spiro atoms. The van der Waals surface area contributed by atoms with Crippen LogP contribution in [0.4, 0.5) is 0 Å². The first kappa shape index (κ1) is 18.8. The molecule has 31 heavy (non-hydrogen) atoms. The number of nitrogens with one attached hydrogen (secondary N) is 1. The first-order valence-corrected chi connectivity index (χ1v) is 9.89. The van der Waals surface area contributed by atoms with Gasteiger partial charge in [-0.25, -0.2) is 19.9 Å². The molecule has 1 aromatic carbocycles. The number of rotatable bonds is 6.